The summed E-state index contributed by atoms with van der Waals surface area (Å²) in [5, 5.41) is 4.32. The lowest BCUT2D eigenvalue weighted by atomic mass is 10.1. The van der Waals surface area contributed by atoms with E-state index in [4.69, 9.17) is 69.6 Å². The molecule has 0 amide bonds. The molecule has 9 rings (SSSR count). The van der Waals surface area contributed by atoms with Gasteiger partial charge in [-0.1, -0.05) is 118 Å². The van der Waals surface area contributed by atoms with Crippen LogP contribution >= 0.6 is 69.6 Å². The van der Waals surface area contributed by atoms with Gasteiger partial charge in [0.05, 0.1) is 0 Å². The molecule has 0 aromatic heterocycles. The van der Waals surface area contributed by atoms with Gasteiger partial charge in [-0.15, -0.1) is 0 Å². The molecule has 14 heteroatoms. The molecule has 86 heavy (non-hydrogen) atoms. The van der Waals surface area contributed by atoms with Crippen molar-refractivity contribution in [3.63, 3.8) is 0 Å². The first-order valence-electron chi connectivity index (χ1n) is 26.9. The first-order chi connectivity index (χ1) is 39.8. The molecule has 0 atom stereocenters. The molecular weight excluding hydrogens is 1230 g/mol. The van der Waals surface area contributed by atoms with Crippen molar-refractivity contribution in [1.29, 1.82) is 0 Å². The maximum absolute atomic E-state index is 12.8. The van der Waals surface area contributed by atoms with Crippen LogP contribution in [0, 0.1) is 171 Å². The van der Waals surface area contributed by atoms with Gasteiger partial charge in [0.1, 0.15) is 46.5 Å². The van der Waals surface area contributed by atoms with Crippen LogP contribution in [-0.4, -0.2) is 0 Å². The largest absolute Gasteiger partial charge is 0.207 e. The minimum absolute atomic E-state index is 0.0885. The number of hydrogen-bond acceptors (Lipinski definition) is 0. The van der Waals surface area contributed by atoms with Crippen molar-refractivity contribution >= 4 is 69.6 Å². The average molecular weight is 1310 g/mol. The summed E-state index contributed by atoms with van der Waals surface area (Å²) in [5.74, 6) is -2.30. The number of aryl methyl sites for hydroxylation is 15. The lowest BCUT2D eigenvalue weighted by Gasteiger charge is -2.01. The van der Waals surface area contributed by atoms with Crippen molar-refractivity contribution in [2.24, 2.45) is 0 Å². The third kappa shape index (κ3) is 29.2. The summed E-state index contributed by atoms with van der Waals surface area (Å²) >= 11 is 34.7. The van der Waals surface area contributed by atoms with Crippen molar-refractivity contribution < 1.29 is 35.1 Å². The van der Waals surface area contributed by atoms with Crippen molar-refractivity contribution in [2.45, 2.75) is 125 Å². The molecular formula is C72H76Cl6F8. The molecule has 0 aliphatic heterocycles. The van der Waals surface area contributed by atoms with Gasteiger partial charge in [0.25, 0.3) is 0 Å². The fourth-order valence-electron chi connectivity index (χ4n) is 6.60. The molecule has 0 N–H and O–H groups in total. The van der Waals surface area contributed by atoms with Crippen LogP contribution in [0.1, 0.15) is 100 Å². The smallest absolute Gasteiger partial charge is 0.129 e. The number of rotatable bonds is 0. The summed E-state index contributed by atoms with van der Waals surface area (Å²) in [6.45, 7) is 32.3. The van der Waals surface area contributed by atoms with E-state index in [1.807, 2.05) is 111 Å². The van der Waals surface area contributed by atoms with Gasteiger partial charge in [-0.05, 0) is 299 Å². The maximum Gasteiger partial charge on any atom is 0.129 e. The summed E-state index contributed by atoms with van der Waals surface area (Å²) in [7, 11) is 0. The van der Waals surface area contributed by atoms with Crippen molar-refractivity contribution in [3.05, 3.63) is 310 Å². The van der Waals surface area contributed by atoms with Crippen LogP contribution in [0.3, 0.4) is 0 Å². The first kappa shape index (κ1) is 78.2. The summed E-state index contributed by atoms with van der Waals surface area (Å²) in [5.41, 5.74) is 14.3. The SMILES string of the molecule is Cc1cc(Cl)c(C)c(Cl)c1.Cc1cc(Cl)c(C)cc1F.Cc1cc(F)c(C)c(Cl)c1.Cc1cc(F)c(C)c(F)c1.Cc1cc(F)c(C)cc1F.Cc1ccc(C)c(Cl)c1.Cc1ccc(C)c(Cl)c1.Cc1ccc(C)c(F)c1.Cc1ccc(C)c(F)c1. The molecule has 0 unspecified atom stereocenters. The second kappa shape index (κ2) is 38.4. The van der Waals surface area contributed by atoms with E-state index < -0.39 is 11.6 Å². The van der Waals surface area contributed by atoms with Gasteiger partial charge in [-0.3, -0.25) is 0 Å². The molecule has 0 bridgehead atoms. The fourth-order valence-corrected chi connectivity index (χ4v) is 8.15. The standard InChI is InChI=1S/C8H8Cl2.2C8H8ClF.2C8H9Cl.2C8H8F2.2C8H9F/c1-5-3-7(9)6(2)8(10)4-5;1-5-4-8(10)6(2)3-7(5)9;1-5-3-7(9)6(2)8(10)4-5;2*1-6-3-4-7(2)8(9)5-6;1-5-3-8(10)6(2)4-7(5)9;1-5-3-7(9)6(2)8(10)4-5;2*1-6-3-4-7(2)8(9)5-6/h3*3-4H,1-2H3;2*3-5H,1-2H3;2*3-4H,1-2H3;2*3-5H,1-2H3. The zero-order valence-electron chi connectivity index (χ0n) is 52.0. The van der Waals surface area contributed by atoms with Crippen LogP contribution < -0.4 is 0 Å². The number of benzene rings is 9. The predicted octanol–water partition coefficient (Wildman–Crippen LogP) is 25.8. The highest BCUT2D eigenvalue weighted by Crippen LogP contribution is 2.25. The van der Waals surface area contributed by atoms with Gasteiger partial charge in [0, 0.05) is 41.3 Å². The molecule has 462 valence electrons. The monoisotopic (exact) mass is 1300 g/mol. The molecule has 9 aromatic carbocycles. The highest BCUT2D eigenvalue weighted by Gasteiger charge is 2.06. The molecule has 0 saturated carbocycles. The Morgan fingerprint density at radius 1 is 0.174 bits per heavy atom. The van der Waals surface area contributed by atoms with Gasteiger partial charge >= 0.3 is 0 Å². The minimum atomic E-state index is -0.475. The van der Waals surface area contributed by atoms with Crippen LogP contribution in [0.25, 0.3) is 0 Å². The maximum atomic E-state index is 12.8. The van der Waals surface area contributed by atoms with E-state index in [9.17, 15) is 35.1 Å². The van der Waals surface area contributed by atoms with Gasteiger partial charge in [-0.2, -0.15) is 0 Å². The van der Waals surface area contributed by atoms with E-state index in [1.165, 1.54) is 80.4 Å². The van der Waals surface area contributed by atoms with Crippen LogP contribution in [-0.2, 0) is 0 Å². The van der Waals surface area contributed by atoms with E-state index in [1.54, 1.807) is 65.8 Å². The Hall–Kier alpha value is -5.84. The van der Waals surface area contributed by atoms with Gasteiger partial charge in [0.2, 0.25) is 0 Å². The summed E-state index contributed by atoms with van der Waals surface area (Å²) in [6, 6.07) is 37.7. The third-order valence-corrected chi connectivity index (χ3v) is 14.9. The van der Waals surface area contributed by atoms with E-state index in [2.05, 4.69) is 12.1 Å². The third-order valence-electron chi connectivity index (χ3n) is 12.5. The normalized spacial score (nSPS) is 9.86. The van der Waals surface area contributed by atoms with Gasteiger partial charge in [0.15, 0.2) is 0 Å². The second-order valence-corrected chi connectivity index (χ2v) is 23.2. The predicted molar refractivity (Wildman–Crippen MR) is 353 cm³/mol. The van der Waals surface area contributed by atoms with Crippen molar-refractivity contribution in [1.82, 2.24) is 0 Å². The minimum Gasteiger partial charge on any atom is -0.207 e. The summed E-state index contributed by atoms with van der Waals surface area (Å²) in [6.07, 6.45) is 0. The van der Waals surface area contributed by atoms with E-state index in [-0.39, 0.29) is 40.5 Å². The van der Waals surface area contributed by atoms with Crippen molar-refractivity contribution in [3.8, 4) is 0 Å². The molecule has 0 fully saturated rings. The fraction of sp³-hybridized carbons (Fsp3) is 0.250. The van der Waals surface area contributed by atoms with Crippen LogP contribution in [0.15, 0.2) is 133 Å². The Bertz CT molecular complexity index is 3100. The molecule has 0 aliphatic rings. The van der Waals surface area contributed by atoms with E-state index in [0.717, 1.165) is 64.6 Å². The zero-order chi connectivity index (χ0) is 66.0. The van der Waals surface area contributed by atoms with Crippen LogP contribution in [0.5, 0.6) is 0 Å². The molecule has 0 radical (unpaired) electrons. The highest BCUT2D eigenvalue weighted by molar-refractivity contribution is 6.36. The Balaban J connectivity index is 0.000000484. The molecule has 0 spiro atoms. The van der Waals surface area contributed by atoms with E-state index in [0.29, 0.717) is 49.0 Å². The number of hydrogen-bond donors (Lipinski definition) is 0. The molecule has 0 aliphatic carbocycles. The van der Waals surface area contributed by atoms with Crippen molar-refractivity contribution in [2.75, 3.05) is 0 Å². The Morgan fingerprint density at radius 3 is 0.686 bits per heavy atom. The molecule has 0 saturated heterocycles. The van der Waals surface area contributed by atoms with Gasteiger partial charge in [-0.25, -0.2) is 35.1 Å². The van der Waals surface area contributed by atoms with Gasteiger partial charge < -0.3 is 0 Å². The summed E-state index contributed by atoms with van der Waals surface area (Å²) < 4.78 is 101. The quantitative estimate of drug-likeness (QED) is 0.133. The Morgan fingerprint density at radius 2 is 0.395 bits per heavy atom. The topological polar surface area (TPSA) is 0 Å². The Kier molecular flexibility index (Phi) is 34.9. The number of halogens is 14. The Labute approximate surface area is 536 Å². The second-order valence-electron chi connectivity index (χ2n) is 20.8. The lowest BCUT2D eigenvalue weighted by molar-refractivity contribution is 0.566. The highest BCUT2D eigenvalue weighted by atomic mass is 35.5. The van der Waals surface area contributed by atoms with Crippen LogP contribution in [0.2, 0.25) is 30.1 Å². The lowest BCUT2D eigenvalue weighted by Crippen LogP contribution is -1.88. The molecule has 0 heterocycles. The first-order valence-corrected chi connectivity index (χ1v) is 29.1. The molecule has 9 aromatic rings. The van der Waals surface area contributed by atoms with Crippen LogP contribution in [0.4, 0.5) is 35.1 Å². The molecule has 0 nitrogen and oxygen atoms in total. The summed E-state index contributed by atoms with van der Waals surface area (Å²) in [4.78, 5) is 0. The van der Waals surface area contributed by atoms with E-state index >= 15 is 0 Å². The average Bonchev–Trinajstić information content (AvgIpc) is 3.56. The zero-order valence-corrected chi connectivity index (χ0v) is 56.5.